The van der Waals surface area contributed by atoms with Gasteiger partial charge in [0.1, 0.15) is 0 Å². The molecule has 1 aromatic carbocycles. The summed E-state index contributed by atoms with van der Waals surface area (Å²) in [5, 5.41) is 1.15. The van der Waals surface area contributed by atoms with Crippen molar-refractivity contribution in [2.24, 2.45) is 0 Å². The highest BCUT2D eigenvalue weighted by Crippen LogP contribution is 2.30. The van der Waals surface area contributed by atoms with Gasteiger partial charge in [0.2, 0.25) is 0 Å². The van der Waals surface area contributed by atoms with Gasteiger partial charge >= 0.3 is 0 Å². The summed E-state index contributed by atoms with van der Waals surface area (Å²) in [5.74, 6) is -0.0590. The molecule has 0 radical (unpaired) electrons. The van der Waals surface area contributed by atoms with Gasteiger partial charge in [0.05, 0.1) is 10.4 Å². The monoisotopic (exact) mass is 344 g/mol. The van der Waals surface area contributed by atoms with Crippen molar-refractivity contribution < 1.29 is 4.79 Å². The van der Waals surface area contributed by atoms with E-state index in [1.54, 1.807) is 12.1 Å². The number of hydrogen-bond donors (Lipinski definition) is 0. The zero-order chi connectivity index (χ0) is 10.0. The molecule has 5 heteroatoms. The SMILES string of the molecule is O=C(CBr)c1cc(Cl)cc(Cl)c1Br. The fourth-order valence-electron chi connectivity index (χ4n) is 0.831. The lowest BCUT2D eigenvalue weighted by Gasteiger charge is -2.03. The van der Waals surface area contributed by atoms with E-state index in [2.05, 4.69) is 31.9 Å². The summed E-state index contributed by atoms with van der Waals surface area (Å²) in [7, 11) is 0. The van der Waals surface area contributed by atoms with Crippen molar-refractivity contribution in [3.63, 3.8) is 0 Å². The zero-order valence-electron chi connectivity index (χ0n) is 6.28. The minimum Gasteiger partial charge on any atom is -0.293 e. The Morgan fingerprint density at radius 2 is 2.00 bits per heavy atom. The molecule has 0 N–H and O–H groups in total. The first kappa shape index (κ1) is 11.5. The van der Waals surface area contributed by atoms with E-state index in [0.29, 0.717) is 20.1 Å². The van der Waals surface area contributed by atoms with Crippen molar-refractivity contribution in [2.75, 3.05) is 5.33 Å². The maximum atomic E-state index is 11.3. The maximum Gasteiger partial charge on any atom is 0.174 e. The van der Waals surface area contributed by atoms with Gasteiger partial charge in [-0.3, -0.25) is 4.79 Å². The topological polar surface area (TPSA) is 17.1 Å². The van der Waals surface area contributed by atoms with Gasteiger partial charge in [0.25, 0.3) is 0 Å². The Morgan fingerprint density at radius 3 is 2.54 bits per heavy atom. The molecule has 0 bridgehead atoms. The lowest BCUT2D eigenvalue weighted by molar-refractivity contribution is 0.102. The number of benzene rings is 1. The number of halogens is 4. The van der Waals surface area contributed by atoms with Crippen molar-refractivity contribution in [2.45, 2.75) is 0 Å². The lowest BCUT2D eigenvalue weighted by atomic mass is 10.1. The third kappa shape index (κ3) is 2.69. The van der Waals surface area contributed by atoms with Crippen molar-refractivity contribution in [1.82, 2.24) is 0 Å². The van der Waals surface area contributed by atoms with E-state index >= 15 is 0 Å². The molecule has 0 saturated heterocycles. The highest BCUT2D eigenvalue weighted by Gasteiger charge is 2.12. The summed E-state index contributed by atoms with van der Waals surface area (Å²) in [4.78, 5) is 11.3. The summed E-state index contributed by atoms with van der Waals surface area (Å²) in [6.45, 7) is 0. The normalized spacial score (nSPS) is 10.2. The Kier molecular flexibility index (Phi) is 4.23. The van der Waals surface area contributed by atoms with Crippen molar-refractivity contribution in [3.05, 3.63) is 32.2 Å². The van der Waals surface area contributed by atoms with Gasteiger partial charge in [-0.05, 0) is 28.1 Å². The van der Waals surface area contributed by atoms with E-state index in [-0.39, 0.29) is 11.1 Å². The van der Waals surface area contributed by atoms with Crippen molar-refractivity contribution >= 4 is 60.8 Å². The van der Waals surface area contributed by atoms with Crippen LogP contribution in [-0.2, 0) is 0 Å². The molecule has 0 unspecified atom stereocenters. The third-order valence-corrected chi connectivity index (χ3v) is 3.52. The molecule has 1 rings (SSSR count). The molecule has 1 nitrogen and oxygen atoms in total. The molecule has 0 aromatic heterocycles. The quantitative estimate of drug-likeness (QED) is 0.442. The second-order valence-corrected chi connectivity index (χ2v) is 4.50. The molecule has 0 spiro atoms. The van der Waals surface area contributed by atoms with Crippen molar-refractivity contribution in [3.8, 4) is 0 Å². The van der Waals surface area contributed by atoms with E-state index < -0.39 is 0 Å². The van der Waals surface area contributed by atoms with E-state index in [1.807, 2.05) is 0 Å². The second-order valence-electron chi connectivity index (χ2n) is 2.31. The fourth-order valence-corrected chi connectivity index (χ4v) is 2.08. The smallest absolute Gasteiger partial charge is 0.174 e. The Balaban J connectivity index is 3.28. The number of rotatable bonds is 2. The molecule has 1 aromatic rings. The Morgan fingerprint density at radius 1 is 1.38 bits per heavy atom. The molecule has 70 valence electrons. The largest absolute Gasteiger partial charge is 0.293 e. The highest BCUT2D eigenvalue weighted by molar-refractivity contribution is 9.10. The summed E-state index contributed by atoms with van der Waals surface area (Å²) >= 11 is 17.9. The Hall–Kier alpha value is 0.430. The molecule has 0 amide bonds. The fraction of sp³-hybridized carbons (Fsp3) is 0.125. The summed E-state index contributed by atoms with van der Waals surface area (Å²) in [6, 6.07) is 3.17. The molecular weight excluding hydrogens is 343 g/mol. The second kappa shape index (κ2) is 4.78. The summed E-state index contributed by atoms with van der Waals surface area (Å²) < 4.78 is 0.586. The van der Waals surface area contributed by atoms with Gasteiger partial charge in [-0.25, -0.2) is 0 Å². The van der Waals surface area contributed by atoms with Crippen LogP contribution in [-0.4, -0.2) is 11.1 Å². The van der Waals surface area contributed by atoms with Crippen LogP contribution in [0.25, 0.3) is 0 Å². The zero-order valence-corrected chi connectivity index (χ0v) is 11.0. The molecule has 0 aliphatic heterocycles. The van der Waals surface area contributed by atoms with Gasteiger partial charge in [-0.15, -0.1) is 0 Å². The number of carbonyl (C=O) groups is 1. The molecule has 0 atom stereocenters. The standard InChI is InChI=1S/C8H4Br2Cl2O/c9-3-7(13)5-1-4(11)2-6(12)8(5)10/h1-2H,3H2. The van der Waals surface area contributed by atoms with Crippen LogP contribution in [0, 0.1) is 0 Å². The van der Waals surface area contributed by atoms with E-state index in [1.165, 1.54) is 0 Å². The first-order chi connectivity index (χ1) is 6.06. The van der Waals surface area contributed by atoms with Crippen LogP contribution in [0.3, 0.4) is 0 Å². The molecule has 0 aliphatic rings. The minimum atomic E-state index is -0.0590. The van der Waals surface area contributed by atoms with Crippen LogP contribution in [0.5, 0.6) is 0 Å². The number of Topliss-reactive ketones (excluding diaryl/α,β-unsaturated/α-hetero) is 1. The van der Waals surface area contributed by atoms with Gasteiger partial charge in [-0.1, -0.05) is 39.1 Å². The predicted octanol–water partition coefficient (Wildman–Crippen LogP) is 4.33. The van der Waals surface area contributed by atoms with E-state index in [9.17, 15) is 4.79 Å². The molecule has 0 saturated carbocycles. The first-order valence-electron chi connectivity index (χ1n) is 3.30. The average Bonchev–Trinajstić information content (AvgIpc) is 2.10. The van der Waals surface area contributed by atoms with E-state index in [0.717, 1.165) is 0 Å². The van der Waals surface area contributed by atoms with Crippen LogP contribution in [0.2, 0.25) is 10.0 Å². The van der Waals surface area contributed by atoms with Crippen molar-refractivity contribution in [1.29, 1.82) is 0 Å². The Bertz CT molecular complexity index is 352. The van der Waals surface area contributed by atoms with Gasteiger partial charge in [0, 0.05) is 15.1 Å². The number of hydrogen-bond acceptors (Lipinski definition) is 1. The molecular formula is C8H4Br2Cl2O. The molecule has 0 aliphatic carbocycles. The van der Waals surface area contributed by atoms with Crippen LogP contribution < -0.4 is 0 Å². The molecule has 0 fully saturated rings. The van der Waals surface area contributed by atoms with Gasteiger partial charge < -0.3 is 0 Å². The summed E-state index contributed by atoms with van der Waals surface area (Å²) in [6.07, 6.45) is 0. The molecule has 0 heterocycles. The van der Waals surface area contributed by atoms with Crippen LogP contribution in [0.15, 0.2) is 16.6 Å². The molecule has 13 heavy (non-hydrogen) atoms. The third-order valence-electron chi connectivity index (χ3n) is 1.41. The minimum absolute atomic E-state index is 0.0590. The van der Waals surface area contributed by atoms with Crippen LogP contribution >= 0.6 is 55.1 Å². The first-order valence-corrected chi connectivity index (χ1v) is 5.97. The van der Waals surface area contributed by atoms with Crippen LogP contribution in [0.1, 0.15) is 10.4 Å². The Labute approximate surface area is 103 Å². The van der Waals surface area contributed by atoms with E-state index in [4.69, 9.17) is 23.2 Å². The summed E-state index contributed by atoms with van der Waals surface area (Å²) in [5.41, 5.74) is 0.495. The predicted molar refractivity (Wildman–Crippen MR) is 62.3 cm³/mol. The van der Waals surface area contributed by atoms with Gasteiger partial charge in [-0.2, -0.15) is 0 Å². The number of ketones is 1. The number of carbonyl (C=O) groups excluding carboxylic acids is 1. The van der Waals surface area contributed by atoms with Gasteiger partial charge in [0.15, 0.2) is 5.78 Å². The maximum absolute atomic E-state index is 11.3. The highest BCUT2D eigenvalue weighted by atomic mass is 79.9. The van der Waals surface area contributed by atoms with Crippen LogP contribution in [0.4, 0.5) is 0 Å². The average molecular weight is 347 g/mol. The lowest BCUT2D eigenvalue weighted by Crippen LogP contribution is -2.01. The number of alkyl halides is 1.